The molecule has 0 fully saturated rings. The minimum absolute atomic E-state index is 0.0997. The maximum Gasteiger partial charge on any atom is 0.0185 e. The molecule has 2 aromatic carbocycles. The van der Waals surface area contributed by atoms with E-state index in [4.69, 9.17) is 0 Å². The van der Waals surface area contributed by atoms with E-state index < -0.39 is 7.92 Å². The highest BCUT2D eigenvalue weighted by Crippen LogP contribution is 2.60. The smallest absolute Gasteiger partial charge is 0.0185 e. The predicted molar refractivity (Wildman–Crippen MR) is 130 cm³/mol. The molecule has 0 N–H and O–H groups in total. The van der Waals surface area contributed by atoms with Gasteiger partial charge in [0.1, 0.15) is 0 Å². The molecule has 0 bridgehead atoms. The van der Waals surface area contributed by atoms with Crippen LogP contribution in [0.5, 0.6) is 0 Å². The second kappa shape index (κ2) is 9.98. The summed E-state index contributed by atoms with van der Waals surface area (Å²) in [5, 5.41) is 6.28. The van der Waals surface area contributed by atoms with Crippen molar-refractivity contribution in [2.24, 2.45) is 5.92 Å². The zero-order valence-corrected chi connectivity index (χ0v) is 19.6. The molecule has 0 amide bonds. The molecule has 0 radical (unpaired) electrons. The lowest BCUT2D eigenvalue weighted by Gasteiger charge is -2.33. The van der Waals surface area contributed by atoms with Crippen LogP contribution < -0.4 is 10.6 Å². The average molecular weight is 409 g/mol. The third kappa shape index (κ3) is 4.49. The quantitative estimate of drug-likeness (QED) is 0.484. The first-order chi connectivity index (χ1) is 13.6. The zero-order valence-electron chi connectivity index (χ0n) is 17.8. The lowest BCUT2D eigenvalue weighted by Crippen LogP contribution is -2.32. The average Bonchev–Trinajstić information content (AvgIpc) is 3.14. The first-order valence-electron chi connectivity index (χ1n) is 10.3. The maximum absolute atomic E-state index is 2.50. The predicted octanol–water partition coefficient (Wildman–Crippen LogP) is 5.99. The van der Waals surface area contributed by atoms with Gasteiger partial charge >= 0.3 is 0 Å². The zero-order chi connectivity index (χ0) is 20.1. The number of hydrogen-bond donors (Lipinski definition) is 0. The maximum atomic E-state index is 2.50. The molecule has 1 aliphatic rings. The molecule has 2 aromatic rings. The van der Waals surface area contributed by atoms with Gasteiger partial charge in [0.25, 0.3) is 0 Å². The van der Waals surface area contributed by atoms with E-state index in [1.165, 1.54) is 22.9 Å². The second-order valence-electron chi connectivity index (χ2n) is 7.54. The van der Waals surface area contributed by atoms with E-state index in [1.807, 2.05) is 0 Å². The van der Waals surface area contributed by atoms with Crippen LogP contribution in [-0.2, 0) is 0 Å². The molecule has 0 spiro atoms. The van der Waals surface area contributed by atoms with Crippen molar-refractivity contribution in [1.82, 2.24) is 4.90 Å². The molecule has 0 heterocycles. The summed E-state index contributed by atoms with van der Waals surface area (Å²) in [6, 6.07) is 22.8. The molecule has 3 heteroatoms. The molecule has 3 rings (SSSR count). The molecule has 0 aliphatic heterocycles. The SMILES string of the molecule is CCP(CC)C1=C(P(c2ccccc2)c2ccccc2)C=CC1[C@@H](C)N(C)C. The van der Waals surface area contributed by atoms with E-state index >= 15 is 0 Å². The van der Waals surface area contributed by atoms with Gasteiger partial charge in [-0.2, -0.15) is 0 Å². The van der Waals surface area contributed by atoms with Crippen LogP contribution in [0.25, 0.3) is 0 Å². The summed E-state index contributed by atoms with van der Waals surface area (Å²) in [4.78, 5) is 2.38. The lowest BCUT2D eigenvalue weighted by atomic mass is 10.0. The summed E-state index contributed by atoms with van der Waals surface area (Å²) in [6.07, 6.45) is 7.52. The van der Waals surface area contributed by atoms with Crippen molar-refractivity contribution in [3.63, 3.8) is 0 Å². The van der Waals surface area contributed by atoms with Crippen molar-refractivity contribution < 1.29 is 0 Å². The number of nitrogens with zero attached hydrogens (tertiary/aromatic N) is 1. The molecule has 28 heavy (non-hydrogen) atoms. The third-order valence-corrected chi connectivity index (χ3v) is 11.2. The number of benzene rings is 2. The highest BCUT2D eigenvalue weighted by atomic mass is 31.1. The Morgan fingerprint density at radius 1 is 0.857 bits per heavy atom. The van der Waals surface area contributed by atoms with Crippen molar-refractivity contribution in [3.8, 4) is 0 Å². The first kappa shape index (κ1) is 21.4. The van der Waals surface area contributed by atoms with E-state index in [0.717, 1.165) is 0 Å². The van der Waals surface area contributed by atoms with Crippen molar-refractivity contribution in [2.45, 2.75) is 26.8 Å². The van der Waals surface area contributed by atoms with Crippen LogP contribution in [0, 0.1) is 5.92 Å². The topological polar surface area (TPSA) is 3.24 Å². The molecular weight excluding hydrogens is 376 g/mol. The van der Waals surface area contributed by atoms with Crippen molar-refractivity contribution in [2.75, 3.05) is 26.4 Å². The molecule has 1 nitrogen and oxygen atoms in total. The van der Waals surface area contributed by atoms with Crippen LogP contribution in [0.2, 0.25) is 0 Å². The van der Waals surface area contributed by atoms with E-state index in [9.17, 15) is 0 Å². The van der Waals surface area contributed by atoms with Crippen LogP contribution in [-0.4, -0.2) is 37.4 Å². The van der Waals surface area contributed by atoms with Gasteiger partial charge in [-0.25, -0.2) is 0 Å². The fourth-order valence-electron chi connectivity index (χ4n) is 3.96. The Labute approximate surface area is 174 Å². The van der Waals surface area contributed by atoms with E-state index in [2.05, 4.69) is 113 Å². The second-order valence-corrected chi connectivity index (χ2v) is 12.6. The fourth-order valence-corrected chi connectivity index (χ4v) is 9.34. The highest BCUT2D eigenvalue weighted by molar-refractivity contribution is 7.78. The normalized spacial score (nSPS) is 17.9. The Kier molecular flexibility index (Phi) is 7.64. The largest absolute Gasteiger partial charge is 0.306 e. The van der Waals surface area contributed by atoms with Crippen LogP contribution in [0.3, 0.4) is 0 Å². The van der Waals surface area contributed by atoms with E-state index in [-0.39, 0.29) is 7.92 Å². The highest BCUT2D eigenvalue weighted by Gasteiger charge is 2.34. The van der Waals surface area contributed by atoms with Crippen LogP contribution in [0.15, 0.2) is 83.4 Å². The fraction of sp³-hybridized carbons (Fsp3) is 0.360. The summed E-state index contributed by atoms with van der Waals surface area (Å²) >= 11 is 0. The summed E-state index contributed by atoms with van der Waals surface area (Å²) < 4.78 is 0. The van der Waals surface area contributed by atoms with Crippen LogP contribution >= 0.6 is 15.8 Å². The van der Waals surface area contributed by atoms with Crippen molar-refractivity contribution >= 4 is 26.5 Å². The van der Waals surface area contributed by atoms with Crippen molar-refractivity contribution in [1.29, 1.82) is 0 Å². The summed E-state index contributed by atoms with van der Waals surface area (Å²) in [7, 11) is 3.81. The number of rotatable bonds is 8. The summed E-state index contributed by atoms with van der Waals surface area (Å²) in [5.41, 5.74) is 0. The Morgan fingerprint density at radius 2 is 1.36 bits per heavy atom. The third-order valence-electron chi connectivity index (χ3n) is 5.75. The number of hydrogen-bond acceptors (Lipinski definition) is 1. The Morgan fingerprint density at radius 3 is 1.79 bits per heavy atom. The van der Waals surface area contributed by atoms with Gasteiger partial charge in [-0.05, 0) is 62.5 Å². The van der Waals surface area contributed by atoms with Crippen molar-refractivity contribution in [3.05, 3.63) is 83.4 Å². The van der Waals surface area contributed by atoms with E-state index in [0.29, 0.717) is 12.0 Å². The van der Waals surface area contributed by atoms with Gasteiger partial charge in [-0.1, -0.05) is 94.6 Å². The molecule has 0 saturated heterocycles. The van der Waals surface area contributed by atoms with Gasteiger partial charge in [0.2, 0.25) is 0 Å². The minimum atomic E-state index is -0.515. The number of allylic oxidation sites excluding steroid dienone is 2. The van der Waals surface area contributed by atoms with Gasteiger partial charge in [-0.15, -0.1) is 0 Å². The first-order valence-corrected chi connectivity index (χ1v) is 13.4. The van der Waals surface area contributed by atoms with Gasteiger partial charge < -0.3 is 4.90 Å². The molecule has 0 aromatic heterocycles. The molecular formula is C25H33NP2. The van der Waals surface area contributed by atoms with Crippen LogP contribution in [0.1, 0.15) is 20.8 Å². The van der Waals surface area contributed by atoms with Gasteiger partial charge in [0, 0.05) is 12.0 Å². The lowest BCUT2D eigenvalue weighted by molar-refractivity contribution is 0.280. The van der Waals surface area contributed by atoms with E-state index in [1.54, 1.807) is 10.6 Å². The minimum Gasteiger partial charge on any atom is -0.306 e. The Balaban J connectivity index is 2.19. The van der Waals surface area contributed by atoms with Gasteiger partial charge in [-0.3, -0.25) is 0 Å². The monoisotopic (exact) mass is 409 g/mol. The molecule has 0 saturated carbocycles. The molecule has 148 valence electrons. The molecule has 1 aliphatic carbocycles. The Hall–Kier alpha value is -1.26. The molecule has 1 unspecified atom stereocenters. The van der Waals surface area contributed by atoms with Gasteiger partial charge in [0.05, 0.1) is 0 Å². The Bertz CT molecular complexity index is 767. The standard InChI is InChI=1S/C25H33NP2/c1-6-27(7-2)25-23(20(3)26(4)5)18-19-24(25)28(21-14-10-8-11-15-21)22-16-12-9-13-17-22/h8-20,23H,6-7H2,1-5H3/t20-,23?/m1/s1. The summed E-state index contributed by atoms with van der Waals surface area (Å²) in [5.74, 6) is 0.536. The van der Waals surface area contributed by atoms with Crippen LogP contribution in [0.4, 0.5) is 0 Å². The van der Waals surface area contributed by atoms with Gasteiger partial charge in [0.15, 0.2) is 0 Å². The molecule has 2 atom stereocenters. The summed E-state index contributed by atoms with van der Waals surface area (Å²) in [6.45, 7) is 7.13.